The van der Waals surface area contributed by atoms with Gasteiger partial charge in [-0.15, -0.1) is 11.3 Å². The Hall–Kier alpha value is -2.93. The first-order valence-electron chi connectivity index (χ1n) is 8.86. The molecule has 0 aliphatic carbocycles. The number of carbonyl (C=O) groups excluding carboxylic acids is 2. The van der Waals surface area contributed by atoms with Gasteiger partial charge in [-0.2, -0.15) is 0 Å². The molecule has 0 aliphatic rings. The van der Waals surface area contributed by atoms with Crippen LogP contribution in [0.2, 0.25) is 0 Å². The minimum atomic E-state index is -0.758. The second-order valence-corrected chi connectivity index (χ2v) is 7.92. The Kier molecular flexibility index (Phi) is 5.38. The molecule has 6 nitrogen and oxygen atoms in total. The standard InChI is InChI=1S/C21H22N2O4S/c1-11-10-17(24)23(16-9-7-6-8-15(11)16)13(3)19(25)22-20-18(21(26)27-5)12(2)14(4)28-20/h6-10,13H,1-5H3,(H,22,25). The monoisotopic (exact) mass is 398 g/mol. The third-order valence-corrected chi connectivity index (χ3v) is 6.07. The Morgan fingerprint density at radius 2 is 1.86 bits per heavy atom. The summed E-state index contributed by atoms with van der Waals surface area (Å²) in [4.78, 5) is 38.7. The van der Waals surface area contributed by atoms with Crippen molar-refractivity contribution in [1.29, 1.82) is 0 Å². The fraction of sp³-hybridized carbons (Fsp3) is 0.286. The number of aryl methyl sites for hydroxylation is 2. The maximum atomic E-state index is 13.0. The lowest BCUT2D eigenvalue weighted by Crippen LogP contribution is -2.32. The van der Waals surface area contributed by atoms with Crippen LogP contribution in [0.15, 0.2) is 35.1 Å². The van der Waals surface area contributed by atoms with Crippen LogP contribution >= 0.6 is 11.3 Å². The van der Waals surface area contributed by atoms with Gasteiger partial charge in [0, 0.05) is 16.3 Å². The number of fused-ring (bicyclic) bond motifs is 1. The van der Waals surface area contributed by atoms with Crippen molar-refractivity contribution in [2.24, 2.45) is 0 Å². The second-order valence-electron chi connectivity index (χ2n) is 6.70. The molecule has 1 N–H and O–H groups in total. The molecule has 0 saturated carbocycles. The molecule has 1 amide bonds. The van der Waals surface area contributed by atoms with Crippen molar-refractivity contribution in [3.8, 4) is 0 Å². The molecule has 146 valence electrons. The number of aromatic nitrogens is 1. The highest BCUT2D eigenvalue weighted by Gasteiger charge is 2.25. The molecular formula is C21H22N2O4S. The number of pyridine rings is 1. The van der Waals surface area contributed by atoms with Crippen LogP contribution in [0.4, 0.5) is 5.00 Å². The third-order valence-electron chi connectivity index (χ3n) is 4.94. The summed E-state index contributed by atoms with van der Waals surface area (Å²) in [5, 5.41) is 4.16. The first kappa shape index (κ1) is 19.8. The molecular weight excluding hydrogens is 376 g/mol. The maximum absolute atomic E-state index is 13.0. The number of hydrogen-bond donors (Lipinski definition) is 1. The van der Waals surface area contributed by atoms with Crippen LogP contribution in [0, 0.1) is 20.8 Å². The zero-order chi connectivity index (χ0) is 20.6. The molecule has 0 fully saturated rings. The number of nitrogens with one attached hydrogen (secondary N) is 1. The van der Waals surface area contributed by atoms with E-state index in [-0.39, 0.29) is 11.5 Å². The lowest BCUT2D eigenvalue weighted by atomic mass is 10.1. The van der Waals surface area contributed by atoms with Gasteiger partial charge in [-0.05, 0) is 44.9 Å². The minimum Gasteiger partial charge on any atom is -0.465 e. The summed E-state index contributed by atoms with van der Waals surface area (Å²) < 4.78 is 6.32. The molecule has 1 unspecified atom stereocenters. The fourth-order valence-corrected chi connectivity index (χ4v) is 4.32. The van der Waals surface area contributed by atoms with E-state index >= 15 is 0 Å². The van der Waals surface area contributed by atoms with Crippen molar-refractivity contribution in [1.82, 2.24) is 4.57 Å². The molecule has 3 rings (SSSR count). The lowest BCUT2D eigenvalue weighted by molar-refractivity contribution is -0.118. The molecule has 2 aromatic heterocycles. The summed E-state index contributed by atoms with van der Waals surface area (Å²) in [5.41, 5.74) is 2.44. The molecule has 3 aromatic rings. The number of thiophene rings is 1. The van der Waals surface area contributed by atoms with Gasteiger partial charge in [0.15, 0.2) is 0 Å². The minimum absolute atomic E-state index is 0.245. The Bertz CT molecular complexity index is 1140. The van der Waals surface area contributed by atoms with Crippen LogP contribution in [-0.4, -0.2) is 23.6 Å². The second kappa shape index (κ2) is 7.59. The van der Waals surface area contributed by atoms with E-state index in [2.05, 4.69) is 5.32 Å². The van der Waals surface area contributed by atoms with Crippen molar-refractivity contribution in [2.45, 2.75) is 33.7 Å². The van der Waals surface area contributed by atoms with Gasteiger partial charge in [-0.25, -0.2) is 4.79 Å². The lowest BCUT2D eigenvalue weighted by Gasteiger charge is -2.18. The summed E-state index contributed by atoms with van der Waals surface area (Å²) in [5.74, 6) is -0.870. The molecule has 0 aliphatic heterocycles. The first-order valence-corrected chi connectivity index (χ1v) is 9.68. The highest BCUT2D eigenvalue weighted by molar-refractivity contribution is 7.16. The fourth-order valence-electron chi connectivity index (χ4n) is 3.26. The molecule has 2 heterocycles. The van der Waals surface area contributed by atoms with Crippen LogP contribution in [0.25, 0.3) is 10.9 Å². The summed E-state index contributed by atoms with van der Waals surface area (Å²) in [6.45, 7) is 7.24. The Labute approximate surface area is 166 Å². The van der Waals surface area contributed by atoms with Gasteiger partial charge in [0.05, 0.1) is 18.2 Å². The number of esters is 1. The molecule has 0 spiro atoms. The highest BCUT2D eigenvalue weighted by Crippen LogP contribution is 2.33. The smallest absolute Gasteiger partial charge is 0.341 e. The summed E-state index contributed by atoms with van der Waals surface area (Å²) >= 11 is 1.32. The van der Waals surface area contributed by atoms with Gasteiger partial charge in [-0.1, -0.05) is 18.2 Å². The summed E-state index contributed by atoms with van der Waals surface area (Å²) in [7, 11) is 1.31. The number of amides is 1. The number of methoxy groups -OCH3 is 1. The predicted molar refractivity (Wildman–Crippen MR) is 111 cm³/mol. The zero-order valence-corrected chi connectivity index (χ0v) is 17.3. The SMILES string of the molecule is COC(=O)c1c(NC(=O)C(C)n2c(=O)cc(C)c3ccccc32)sc(C)c1C. The quantitative estimate of drug-likeness (QED) is 0.675. The number of nitrogens with zero attached hydrogens (tertiary/aromatic N) is 1. The van der Waals surface area contributed by atoms with E-state index in [4.69, 9.17) is 4.74 Å². The normalized spacial score (nSPS) is 12.0. The molecule has 1 atom stereocenters. The average molecular weight is 398 g/mol. The maximum Gasteiger partial charge on any atom is 0.341 e. The summed E-state index contributed by atoms with van der Waals surface area (Å²) in [6.07, 6.45) is 0. The highest BCUT2D eigenvalue weighted by atomic mass is 32.1. The molecule has 0 saturated heterocycles. The topological polar surface area (TPSA) is 77.4 Å². The van der Waals surface area contributed by atoms with E-state index in [0.29, 0.717) is 16.1 Å². The van der Waals surface area contributed by atoms with Gasteiger partial charge >= 0.3 is 5.97 Å². The summed E-state index contributed by atoms with van der Waals surface area (Å²) in [6, 6.07) is 8.26. The van der Waals surface area contributed by atoms with Gasteiger partial charge < -0.3 is 10.1 Å². The van der Waals surface area contributed by atoms with Gasteiger partial charge in [-0.3, -0.25) is 14.2 Å². The molecule has 0 bridgehead atoms. The zero-order valence-electron chi connectivity index (χ0n) is 16.5. The number of carbonyl (C=O) groups is 2. The predicted octanol–water partition coefficient (Wildman–Crippen LogP) is 3.97. The van der Waals surface area contributed by atoms with Crippen molar-refractivity contribution in [3.63, 3.8) is 0 Å². The van der Waals surface area contributed by atoms with Crippen LogP contribution in [0.5, 0.6) is 0 Å². The number of rotatable bonds is 4. The number of benzene rings is 1. The van der Waals surface area contributed by atoms with E-state index in [1.165, 1.54) is 29.1 Å². The van der Waals surface area contributed by atoms with E-state index in [0.717, 1.165) is 21.4 Å². The number of para-hydroxylation sites is 1. The van der Waals surface area contributed by atoms with Gasteiger partial charge in [0.25, 0.3) is 5.56 Å². The van der Waals surface area contributed by atoms with Crippen LogP contribution in [0.1, 0.15) is 39.3 Å². The number of anilines is 1. The van der Waals surface area contributed by atoms with Crippen LogP contribution < -0.4 is 10.9 Å². The Morgan fingerprint density at radius 3 is 2.54 bits per heavy atom. The van der Waals surface area contributed by atoms with Crippen molar-refractivity contribution >= 4 is 39.1 Å². The number of ether oxygens (including phenoxy) is 1. The van der Waals surface area contributed by atoms with Crippen molar-refractivity contribution in [2.75, 3.05) is 12.4 Å². The number of hydrogen-bond acceptors (Lipinski definition) is 5. The van der Waals surface area contributed by atoms with E-state index in [1.54, 1.807) is 6.92 Å². The molecule has 1 aromatic carbocycles. The van der Waals surface area contributed by atoms with E-state index in [1.807, 2.05) is 45.0 Å². The van der Waals surface area contributed by atoms with E-state index in [9.17, 15) is 14.4 Å². The largest absolute Gasteiger partial charge is 0.465 e. The molecule has 7 heteroatoms. The first-order chi connectivity index (χ1) is 13.3. The van der Waals surface area contributed by atoms with Crippen molar-refractivity contribution < 1.29 is 14.3 Å². The van der Waals surface area contributed by atoms with Gasteiger partial charge in [0.2, 0.25) is 5.91 Å². The molecule has 0 radical (unpaired) electrons. The van der Waals surface area contributed by atoms with Crippen LogP contribution in [-0.2, 0) is 9.53 Å². The Morgan fingerprint density at radius 1 is 1.18 bits per heavy atom. The van der Waals surface area contributed by atoms with Crippen LogP contribution in [0.3, 0.4) is 0 Å². The Balaban J connectivity index is 2.02. The molecule has 28 heavy (non-hydrogen) atoms. The third kappa shape index (κ3) is 3.33. The van der Waals surface area contributed by atoms with Crippen molar-refractivity contribution in [3.05, 3.63) is 62.3 Å². The van der Waals surface area contributed by atoms with E-state index < -0.39 is 12.0 Å². The average Bonchev–Trinajstić information content (AvgIpc) is 2.94. The van der Waals surface area contributed by atoms with Gasteiger partial charge in [0.1, 0.15) is 11.0 Å².